The summed E-state index contributed by atoms with van der Waals surface area (Å²) in [5.41, 5.74) is 2.86. The second kappa shape index (κ2) is 6.59. The molecule has 0 heterocycles. The van der Waals surface area contributed by atoms with Crippen LogP contribution in [0.25, 0.3) is 0 Å². The predicted octanol–water partition coefficient (Wildman–Crippen LogP) is 2.30. The Labute approximate surface area is 128 Å². The molecule has 0 atom stereocenters. The maximum Gasteiger partial charge on any atom is 0.372 e. The van der Waals surface area contributed by atoms with Gasteiger partial charge in [0.05, 0.1) is 0 Å². The van der Waals surface area contributed by atoms with E-state index >= 15 is 0 Å². The third-order valence-electron chi connectivity index (χ3n) is 3.12. The molecule has 0 saturated carbocycles. The first-order valence-electron chi connectivity index (χ1n) is 6.62. The normalized spacial score (nSPS) is 9.68. The fourth-order valence-electron chi connectivity index (χ4n) is 1.80. The number of carboxylic acid groups (broad SMARTS) is 1. The highest BCUT2D eigenvalue weighted by atomic mass is 16.4. The number of Topliss-reactive ketones (excluding diaryl/α,β-unsaturated/α-hetero) is 1. The minimum Gasteiger partial charge on any atom is -0.508 e. The van der Waals surface area contributed by atoms with Crippen molar-refractivity contribution in [3.05, 3.63) is 64.7 Å². The summed E-state index contributed by atoms with van der Waals surface area (Å²) in [4.78, 5) is 21.6. The minimum atomic E-state index is -1.43. The van der Waals surface area contributed by atoms with E-state index in [9.17, 15) is 14.7 Å². The Hall–Kier alpha value is -3.06. The molecule has 2 aromatic carbocycles. The zero-order valence-electron chi connectivity index (χ0n) is 12.0. The summed E-state index contributed by atoms with van der Waals surface area (Å²) in [6, 6.07) is 12.0. The summed E-state index contributed by atoms with van der Waals surface area (Å²) in [5, 5.41) is 18.2. The number of phenols is 1. The highest BCUT2D eigenvalue weighted by Gasteiger charge is 2.11. The number of aliphatic carboxylic acids is 1. The smallest absolute Gasteiger partial charge is 0.372 e. The highest BCUT2D eigenvalue weighted by Crippen LogP contribution is 2.16. The topological polar surface area (TPSA) is 74.6 Å². The molecular formula is C18H14O4. The minimum absolute atomic E-state index is 0.130. The lowest BCUT2D eigenvalue weighted by Gasteiger charge is -1.99. The molecule has 0 fully saturated rings. The number of aromatic hydroxyl groups is 1. The van der Waals surface area contributed by atoms with Crippen LogP contribution in [0, 0.1) is 18.8 Å². The Morgan fingerprint density at radius 2 is 1.59 bits per heavy atom. The van der Waals surface area contributed by atoms with E-state index in [4.69, 9.17) is 5.11 Å². The van der Waals surface area contributed by atoms with E-state index < -0.39 is 11.8 Å². The van der Waals surface area contributed by atoms with Crippen LogP contribution in [0.15, 0.2) is 42.5 Å². The van der Waals surface area contributed by atoms with Crippen molar-refractivity contribution in [3.8, 4) is 17.6 Å². The van der Waals surface area contributed by atoms with Crippen LogP contribution in [-0.4, -0.2) is 22.0 Å². The van der Waals surface area contributed by atoms with Crippen LogP contribution >= 0.6 is 0 Å². The monoisotopic (exact) mass is 294 g/mol. The van der Waals surface area contributed by atoms with Gasteiger partial charge in [0.25, 0.3) is 0 Å². The number of carbonyl (C=O) groups excluding carboxylic acids is 1. The number of carbonyl (C=O) groups is 2. The van der Waals surface area contributed by atoms with Gasteiger partial charge in [-0.2, -0.15) is 0 Å². The number of hydrogen-bond donors (Lipinski definition) is 2. The van der Waals surface area contributed by atoms with Gasteiger partial charge in [0, 0.05) is 17.5 Å². The number of benzene rings is 2. The molecule has 110 valence electrons. The van der Waals surface area contributed by atoms with Gasteiger partial charge in [0.1, 0.15) is 5.75 Å². The summed E-state index contributed by atoms with van der Waals surface area (Å²) < 4.78 is 0. The fraction of sp³-hybridized carbons (Fsp3) is 0.111. The molecule has 0 amide bonds. The van der Waals surface area contributed by atoms with Crippen molar-refractivity contribution in [1.29, 1.82) is 0 Å². The Morgan fingerprint density at radius 3 is 2.18 bits per heavy atom. The fourth-order valence-corrected chi connectivity index (χ4v) is 1.80. The molecule has 0 aliphatic heterocycles. The number of phenolic OH excluding ortho intramolecular Hbond substituents is 1. The van der Waals surface area contributed by atoms with Crippen LogP contribution in [0.1, 0.15) is 22.3 Å². The number of rotatable bonds is 3. The molecule has 2 aromatic rings. The van der Waals surface area contributed by atoms with E-state index in [1.807, 2.05) is 13.0 Å². The van der Waals surface area contributed by atoms with Gasteiger partial charge in [-0.05, 0) is 42.3 Å². The van der Waals surface area contributed by atoms with Gasteiger partial charge in [0.2, 0.25) is 5.78 Å². The molecule has 0 bridgehead atoms. The van der Waals surface area contributed by atoms with Crippen molar-refractivity contribution in [2.24, 2.45) is 0 Å². The molecule has 0 radical (unpaired) electrons. The lowest BCUT2D eigenvalue weighted by molar-refractivity contribution is -0.148. The third kappa shape index (κ3) is 3.97. The predicted molar refractivity (Wildman–Crippen MR) is 81.6 cm³/mol. The van der Waals surface area contributed by atoms with Crippen LogP contribution in [0.4, 0.5) is 0 Å². The standard InChI is InChI=1S/C18H14O4/c1-12-2-3-14(10-16(12)19)7-4-13-5-8-15(9-6-13)11-17(20)18(21)22/h2-3,5-6,8-10,19H,11H2,1H3,(H,21,22). The zero-order valence-corrected chi connectivity index (χ0v) is 12.0. The van der Waals surface area contributed by atoms with Crippen molar-refractivity contribution in [2.75, 3.05) is 0 Å². The van der Waals surface area contributed by atoms with Crippen LogP contribution in [0.3, 0.4) is 0 Å². The first-order chi connectivity index (χ1) is 10.5. The number of aryl methyl sites for hydroxylation is 1. The summed E-state index contributed by atoms with van der Waals surface area (Å²) in [7, 11) is 0. The second-order valence-electron chi connectivity index (χ2n) is 4.85. The van der Waals surface area contributed by atoms with E-state index in [0.717, 1.165) is 11.1 Å². The Morgan fingerprint density at radius 1 is 1.00 bits per heavy atom. The first-order valence-corrected chi connectivity index (χ1v) is 6.62. The van der Waals surface area contributed by atoms with Gasteiger partial charge < -0.3 is 10.2 Å². The van der Waals surface area contributed by atoms with E-state index in [1.54, 1.807) is 36.4 Å². The Bertz CT molecular complexity index is 777. The van der Waals surface area contributed by atoms with Crippen LogP contribution in [0.5, 0.6) is 5.75 Å². The Kier molecular flexibility index (Phi) is 4.60. The molecule has 0 aliphatic carbocycles. The van der Waals surface area contributed by atoms with Crippen LogP contribution < -0.4 is 0 Å². The quantitative estimate of drug-likeness (QED) is 0.673. The van der Waals surface area contributed by atoms with Gasteiger partial charge in [0.15, 0.2) is 0 Å². The van der Waals surface area contributed by atoms with E-state index in [0.29, 0.717) is 11.1 Å². The molecule has 0 spiro atoms. The average Bonchev–Trinajstić information content (AvgIpc) is 2.49. The molecule has 0 saturated heterocycles. The average molecular weight is 294 g/mol. The molecule has 4 heteroatoms. The third-order valence-corrected chi connectivity index (χ3v) is 3.12. The summed E-state index contributed by atoms with van der Waals surface area (Å²) in [6.45, 7) is 1.81. The Balaban J connectivity index is 2.11. The molecule has 2 rings (SSSR count). The second-order valence-corrected chi connectivity index (χ2v) is 4.85. The number of hydrogen-bond acceptors (Lipinski definition) is 3. The molecule has 2 N–H and O–H groups in total. The van der Waals surface area contributed by atoms with E-state index in [2.05, 4.69) is 11.8 Å². The lowest BCUT2D eigenvalue weighted by atomic mass is 10.1. The maximum absolute atomic E-state index is 11.1. The largest absolute Gasteiger partial charge is 0.508 e. The summed E-state index contributed by atoms with van der Waals surface area (Å²) in [5.74, 6) is 3.82. The van der Waals surface area contributed by atoms with Crippen molar-refractivity contribution in [3.63, 3.8) is 0 Å². The van der Waals surface area contributed by atoms with Crippen molar-refractivity contribution in [2.45, 2.75) is 13.3 Å². The molecule has 0 unspecified atom stereocenters. The SMILES string of the molecule is Cc1ccc(C#Cc2ccc(CC(=O)C(=O)O)cc2)cc1O. The van der Waals surface area contributed by atoms with Crippen LogP contribution in [0.2, 0.25) is 0 Å². The van der Waals surface area contributed by atoms with Gasteiger partial charge in [-0.1, -0.05) is 30.0 Å². The molecular weight excluding hydrogens is 280 g/mol. The van der Waals surface area contributed by atoms with Gasteiger partial charge in [-0.25, -0.2) is 4.79 Å². The van der Waals surface area contributed by atoms with Gasteiger partial charge in [-0.3, -0.25) is 4.79 Å². The number of ketones is 1. The van der Waals surface area contributed by atoms with Crippen molar-refractivity contribution in [1.82, 2.24) is 0 Å². The highest BCUT2D eigenvalue weighted by molar-refractivity contribution is 6.33. The molecule has 4 nitrogen and oxygen atoms in total. The van der Waals surface area contributed by atoms with Crippen LogP contribution in [-0.2, 0) is 16.0 Å². The maximum atomic E-state index is 11.1. The zero-order chi connectivity index (χ0) is 16.1. The van der Waals surface area contributed by atoms with E-state index in [-0.39, 0.29) is 12.2 Å². The van der Waals surface area contributed by atoms with Gasteiger partial charge >= 0.3 is 5.97 Å². The lowest BCUT2D eigenvalue weighted by Crippen LogP contribution is -2.14. The molecule has 22 heavy (non-hydrogen) atoms. The van der Waals surface area contributed by atoms with Crippen molar-refractivity contribution < 1.29 is 19.8 Å². The van der Waals surface area contributed by atoms with Crippen molar-refractivity contribution >= 4 is 11.8 Å². The molecule has 0 aromatic heterocycles. The summed E-state index contributed by atoms with van der Waals surface area (Å²) in [6.07, 6.45) is -0.130. The number of carboxylic acids is 1. The summed E-state index contributed by atoms with van der Waals surface area (Å²) >= 11 is 0. The van der Waals surface area contributed by atoms with E-state index in [1.165, 1.54) is 0 Å². The molecule has 0 aliphatic rings. The van der Waals surface area contributed by atoms with Gasteiger partial charge in [-0.15, -0.1) is 0 Å². The first kappa shape index (κ1) is 15.3.